The SMILES string of the molecule is O=C(CN1CCCCCC1=O)N1CCCN(CCO)CC1. The van der Waals surface area contributed by atoms with Gasteiger partial charge in [0.25, 0.3) is 0 Å². The number of amides is 2. The van der Waals surface area contributed by atoms with Crippen LogP contribution in [0.1, 0.15) is 32.1 Å². The zero-order valence-electron chi connectivity index (χ0n) is 12.8. The van der Waals surface area contributed by atoms with Gasteiger partial charge in [-0.25, -0.2) is 0 Å². The fourth-order valence-corrected chi connectivity index (χ4v) is 3.05. The Morgan fingerprint density at radius 1 is 1.00 bits per heavy atom. The first-order valence-corrected chi connectivity index (χ1v) is 8.09. The summed E-state index contributed by atoms with van der Waals surface area (Å²) in [6, 6.07) is 0. The molecule has 6 nitrogen and oxygen atoms in total. The molecule has 0 aromatic heterocycles. The van der Waals surface area contributed by atoms with Crippen molar-refractivity contribution < 1.29 is 14.7 Å². The Hall–Kier alpha value is -1.14. The summed E-state index contributed by atoms with van der Waals surface area (Å²) in [6.07, 6.45) is 4.54. The van der Waals surface area contributed by atoms with E-state index >= 15 is 0 Å². The van der Waals surface area contributed by atoms with E-state index in [9.17, 15) is 9.59 Å². The summed E-state index contributed by atoms with van der Waals surface area (Å²) in [4.78, 5) is 30.1. The van der Waals surface area contributed by atoms with Gasteiger partial charge in [0.1, 0.15) is 0 Å². The summed E-state index contributed by atoms with van der Waals surface area (Å²) in [5.74, 6) is 0.189. The molecule has 0 atom stereocenters. The van der Waals surface area contributed by atoms with Crippen LogP contribution in [-0.2, 0) is 9.59 Å². The lowest BCUT2D eigenvalue weighted by atomic mass is 10.2. The van der Waals surface area contributed by atoms with Crippen molar-refractivity contribution in [3.8, 4) is 0 Å². The molecule has 0 aromatic carbocycles. The molecule has 2 aliphatic heterocycles. The Bertz CT molecular complexity index is 362. The van der Waals surface area contributed by atoms with Gasteiger partial charge >= 0.3 is 0 Å². The molecule has 120 valence electrons. The summed E-state index contributed by atoms with van der Waals surface area (Å²) < 4.78 is 0. The van der Waals surface area contributed by atoms with Crippen LogP contribution in [0.5, 0.6) is 0 Å². The minimum absolute atomic E-state index is 0.0658. The van der Waals surface area contributed by atoms with Crippen LogP contribution < -0.4 is 0 Å². The summed E-state index contributed by atoms with van der Waals surface area (Å²) in [6.45, 7) is 4.97. The number of hydrogen-bond acceptors (Lipinski definition) is 4. The molecule has 0 radical (unpaired) electrons. The van der Waals surface area contributed by atoms with E-state index in [2.05, 4.69) is 4.90 Å². The van der Waals surface area contributed by atoms with Crippen molar-refractivity contribution in [2.75, 3.05) is 52.4 Å². The fourth-order valence-electron chi connectivity index (χ4n) is 3.05. The molecule has 21 heavy (non-hydrogen) atoms. The molecule has 2 fully saturated rings. The van der Waals surface area contributed by atoms with Crippen LogP contribution in [0.25, 0.3) is 0 Å². The van der Waals surface area contributed by atoms with E-state index in [1.54, 1.807) is 4.90 Å². The van der Waals surface area contributed by atoms with Gasteiger partial charge in [0.05, 0.1) is 13.2 Å². The van der Waals surface area contributed by atoms with Crippen molar-refractivity contribution in [1.82, 2.24) is 14.7 Å². The molecule has 0 aromatic rings. The standard InChI is InChI=1S/C15H27N3O3/c19-12-11-16-6-4-8-17(10-9-16)15(21)13-18-7-3-1-2-5-14(18)20/h19H,1-13H2. The van der Waals surface area contributed by atoms with E-state index in [-0.39, 0.29) is 25.0 Å². The highest BCUT2D eigenvalue weighted by molar-refractivity contribution is 5.85. The Balaban J connectivity index is 1.83. The maximum absolute atomic E-state index is 12.4. The molecular formula is C15H27N3O3. The molecule has 2 rings (SSSR count). The van der Waals surface area contributed by atoms with Gasteiger partial charge in [-0.3, -0.25) is 14.5 Å². The first-order valence-electron chi connectivity index (χ1n) is 8.09. The van der Waals surface area contributed by atoms with E-state index in [4.69, 9.17) is 5.11 Å². The van der Waals surface area contributed by atoms with E-state index in [0.29, 0.717) is 19.5 Å². The van der Waals surface area contributed by atoms with E-state index < -0.39 is 0 Å². The van der Waals surface area contributed by atoms with Crippen molar-refractivity contribution in [1.29, 1.82) is 0 Å². The molecular weight excluding hydrogens is 270 g/mol. The van der Waals surface area contributed by atoms with Gasteiger partial charge in [-0.1, -0.05) is 6.42 Å². The number of likely N-dealkylation sites (tertiary alicyclic amines) is 1. The number of β-amino-alcohol motifs (C(OH)–C–C–N with tert-alkyl or cyclic N) is 1. The number of aliphatic hydroxyl groups excluding tert-OH is 1. The number of nitrogens with zero attached hydrogens (tertiary/aromatic N) is 3. The van der Waals surface area contributed by atoms with Gasteiger partial charge in [-0.2, -0.15) is 0 Å². The van der Waals surface area contributed by atoms with Crippen molar-refractivity contribution in [3.63, 3.8) is 0 Å². The van der Waals surface area contributed by atoms with Crippen LogP contribution in [0.3, 0.4) is 0 Å². The predicted octanol–water partition coefficient (Wildman–Crippen LogP) is -0.0844. The maximum atomic E-state index is 12.4. The van der Waals surface area contributed by atoms with Crippen LogP contribution in [-0.4, -0.2) is 84.0 Å². The zero-order valence-corrected chi connectivity index (χ0v) is 12.8. The van der Waals surface area contributed by atoms with E-state index in [0.717, 1.165) is 51.9 Å². The van der Waals surface area contributed by atoms with Crippen molar-refractivity contribution in [2.45, 2.75) is 32.1 Å². The van der Waals surface area contributed by atoms with Crippen LogP contribution >= 0.6 is 0 Å². The molecule has 0 aliphatic carbocycles. The highest BCUT2D eigenvalue weighted by Crippen LogP contribution is 2.12. The number of carbonyl (C=O) groups excluding carboxylic acids is 2. The van der Waals surface area contributed by atoms with Crippen molar-refractivity contribution >= 4 is 11.8 Å². The predicted molar refractivity (Wildman–Crippen MR) is 79.8 cm³/mol. The summed E-state index contributed by atoms with van der Waals surface area (Å²) in [5, 5.41) is 8.99. The Labute approximate surface area is 126 Å². The first-order chi connectivity index (χ1) is 10.2. The van der Waals surface area contributed by atoms with Crippen LogP contribution in [0.2, 0.25) is 0 Å². The van der Waals surface area contributed by atoms with Gasteiger partial charge in [-0.05, 0) is 25.8 Å². The first kappa shape index (κ1) is 16.2. The Kier molecular flexibility index (Phi) is 6.45. The van der Waals surface area contributed by atoms with Crippen molar-refractivity contribution in [2.24, 2.45) is 0 Å². The molecule has 2 saturated heterocycles. The summed E-state index contributed by atoms with van der Waals surface area (Å²) >= 11 is 0. The highest BCUT2D eigenvalue weighted by atomic mass is 16.3. The molecule has 6 heteroatoms. The van der Waals surface area contributed by atoms with Crippen LogP contribution in [0.15, 0.2) is 0 Å². The van der Waals surface area contributed by atoms with Gasteiger partial charge in [0, 0.05) is 39.1 Å². The van der Waals surface area contributed by atoms with Crippen LogP contribution in [0, 0.1) is 0 Å². The summed E-state index contributed by atoms with van der Waals surface area (Å²) in [5.41, 5.74) is 0. The minimum Gasteiger partial charge on any atom is -0.395 e. The quantitative estimate of drug-likeness (QED) is 0.788. The third-order valence-corrected chi connectivity index (χ3v) is 4.35. The molecule has 2 heterocycles. The molecule has 0 bridgehead atoms. The molecule has 0 unspecified atom stereocenters. The largest absolute Gasteiger partial charge is 0.395 e. The topological polar surface area (TPSA) is 64.1 Å². The maximum Gasteiger partial charge on any atom is 0.242 e. The smallest absolute Gasteiger partial charge is 0.242 e. The molecule has 0 saturated carbocycles. The second kappa shape index (κ2) is 8.34. The van der Waals surface area contributed by atoms with Crippen LogP contribution in [0.4, 0.5) is 0 Å². The number of aliphatic hydroxyl groups is 1. The minimum atomic E-state index is 0.0658. The lowest BCUT2D eigenvalue weighted by Gasteiger charge is -2.26. The molecule has 2 aliphatic rings. The number of carbonyl (C=O) groups is 2. The van der Waals surface area contributed by atoms with E-state index in [1.165, 1.54) is 0 Å². The second-order valence-corrected chi connectivity index (χ2v) is 5.93. The highest BCUT2D eigenvalue weighted by Gasteiger charge is 2.24. The Morgan fingerprint density at radius 2 is 1.86 bits per heavy atom. The average Bonchev–Trinajstić information content (AvgIpc) is 2.81. The Morgan fingerprint density at radius 3 is 2.67 bits per heavy atom. The number of rotatable bonds is 4. The lowest BCUT2D eigenvalue weighted by Crippen LogP contribution is -2.44. The second-order valence-electron chi connectivity index (χ2n) is 5.93. The monoisotopic (exact) mass is 297 g/mol. The molecule has 2 amide bonds. The third-order valence-electron chi connectivity index (χ3n) is 4.35. The van der Waals surface area contributed by atoms with Crippen molar-refractivity contribution in [3.05, 3.63) is 0 Å². The third kappa shape index (κ3) is 4.97. The molecule has 0 spiro atoms. The van der Waals surface area contributed by atoms with Gasteiger partial charge in [0.15, 0.2) is 0 Å². The van der Waals surface area contributed by atoms with Gasteiger partial charge in [-0.15, -0.1) is 0 Å². The van der Waals surface area contributed by atoms with E-state index in [1.807, 2.05) is 4.90 Å². The van der Waals surface area contributed by atoms with Gasteiger partial charge < -0.3 is 14.9 Å². The zero-order chi connectivity index (χ0) is 15.1. The molecule has 1 N–H and O–H groups in total. The number of hydrogen-bond donors (Lipinski definition) is 1. The fraction of sp³-hybridized carbons (Fsp3) is 0.867. The lowest BCUT2D eigenvalue weighted by molar-refractivity contribution is -0.140. The normalized spacial score (nSPS) is 22.0. The van der Waals surface area contributed by atoms with Gasteiger partial charge in [0.2, 0.25) is 11.8 Å². The average molecular weight is 297 g/mol. The summed E-state index contributed by atoms with van der Waals surface area (Å²) in [7, 11) is 0.